The van der Waals surface area contributed by atoms with Crippen molar-refractivity contribution in [3.8, 4) is 0 Å². The summed E-state index contributed by atoms with van der Waals surface area (Å²) in [5, 5.41) is 11.1. The number of aliphatic carboxylic acids is 1. The first kappa shape index (κ1) is 13.9. The Labute approximate surface area is 126 Å². The number of benzene rings is 1. The zero-order valence-electron chi connectivity index (χ0n) is 11.2. The molecule has 0 aliphatic carbocycles. The molecule has 106 valence electrons. The van der Waals surface area contributed by atoms with Gasteiger partial charge >= 0.3 is 5.97 Å². The Hall–Kier alpha value is -1.10. The Kier molecular flexibility index (Phi) is 3.71. The van der Waals surface area contributed by atoms with Crippen molar-refractivity contribution in [2.45, 2.75) is 19.9 Å². The summed E-state index contributed by atoms with van der Waals surface area (Å²) < 4.78 is 1.13. The maximum absolute atomic E-state index is 11.0. The molecule has 1 aliphatic rings. The van der Waals surface area contributed by atoms with Crippen LogP contribution in [0.25, 0.3) is 10.1 Å². The van der Waals surface area contributed by atoms with Crippen LogP contribution in [-0.2, 0) is 11.3 Å². The molecular weight excluding hydrogens is 294 g/mol. The van der Waals surface area contributed by atoms with Crippen molar-refractivity contribution < 1.29 is 9.90 Å². The van der Waals surface area contributed by atoms with Gasteiger partial charge in [0.15, 0.2) is 0 Å². The van der Waals surface area contributed by atoms with Gasteiger partial charge in [0.2, 0.25) is 0 Å². The largest absolute Gasteiger partial charge is 0.481 e. The van der Waals surface area contributed by atoms with Crippen LogP contribution in [0.5, 0.6) is 0 Å². The number of fused-ring (bicyclic) bond motifs is 1. The Morgan fingerprint density at radius 2 is 2.35 bits per heavy atom. The standard InChI is InChI=1S/C15H16ClNO2S/c1-9-11-3-2-4-12(16)14(11)20-13(9)8-17-6-5-10(7-17)15(18)19/h2-4,10H,5-8H2,1H3,(H,18,19). The van der Waals surface area contributed by atoms with Gasteiger partial charge in [-0.15, -0.1) is 11.3 Å². The van der Waals surface area contributed by atoms with Crippen molar-refractivity contribution in [2.75, 3.05) is 13.1 Å². The molecule has 1 saturated heterocycles. The minimum absolute atomic E-state index is 0.215. The summed E-state index contributed by atoms with van der Waals surface area (Å²) in [6.07, 6.45) is 0.750. The molecule has 1 atom stereocenters. The number of carbonyl (C=O) groups is 1. The first-order valence-electron chi connectivity index (χ1n) is 6.68. The monoisotopic (exact) mass is 309 g/mol. The lowest BCUT2D eigenvalue weighted by Crippen LogP contribution is -2.22. The Morgan fingerprint density at radius 1 is 1.55 bits per heavy atom. The third-order valence-corrected chi connectivity index (χ3v) is 5.76. The summed E-state index contributed by atoms with van der Waals surface area (Å²) >= 11 is 7.97. The van der Waals surface area contributed by atoms with Crippen molar-refractivity contribution in [1.82, 2.24) is 4.90 Å². The van der Waals surface area contributed by atoms with E-state index >= 15 is 0 Å². The highest BCUT2D eigenvalue weighted by atomic mass is 35.5. The highest BCUT2D eigenvalue weighted by molar-refractivity contribution is 7.20. The molecule has 5 heteroatoms. The normalized spacial score (nSPS) is 19.8. The van der Waals surface area contributed by atoms with Crippen LogP contribution in [0.2, 0.25) is 5.02 Å². The van der Waals surface area contributed by atoms with Gasteiger partial charge in [-0.25, -0.2) is 0 Å². The minimum atomic E-state index is -0.677. The average molecular weight is 310 g/mol. The van der Waals surface area contributed by atoms with Crippen LogP contribution in [-0.4, -0.2) is 29.1 Å². The van der Waals surface area contributed by atoms with Crippen LogP contribution < -0.4 is 0 Å². The van der Waals surface area contributed by atoms with E-state index in [-0.39, 0.29) is 5.92 Å². The molecule has 1 fully saturated rings. The van der Waals surface area contributed by atoms with Gasteiger partial charge in [-0.05, 0) is 36.9 Å². The fourth-order valence-electron chi connectivity index (χ4n) is 2.79. The summed E-state index contributed by atoms with van der Waals surface area (Å²) in [7, 11) is 0. The molecule has 1 N–H and O–H groups in total. The van der Waals surface area contributed by atoms with Crippen molar-refractivity contribution in [1.29, 1.82) is 0 Å². The Bertz CT molecular complexity index is 667. The average Bonchev–Trinajstić information content (AvgIpc) is 2.99. The number of carboxylic acids is 1. The number of nitrogens with zero attached hydrogens (tertiary/aromatic N) is 1. The number of aryl methyl sites for hydroxylation is 1. The minimum Gasteiger partial charge on any atom is -0.481 e. The molecule has 0 bridgehead atoms. The van der Waals surface area contributed by atoms with E-state index in [2.05, 4.69) is 17.9 Å². The molecule has 1 aliphatic heterocycles. The smallest absolute Gasteiger partial charge is 0.307 e. The summed E-state index contributed by atoms with van der Waals surface area (Å²) in [6.45, 7) is 4.45. The summed E-state index contributed by atoms with van der Waals surface area (Å²) in [5.41, 5.74) is 1.27. The molecule has 20 heavy (non-hydrogen) atoms. The molecule has 0 amide bonds. The maximum atomic E-state index is 11.0. The zero-order valence-corrected chi connectivity index (χ0v) is 12.8. The van der Waals surface area contributed by atoms with Crippen molar-refractivity contribution in [2.24, 2.45) is 5.92 Å². The fraction of sp³-hybridized carbons (Fsp3) is 0.400. The third-order valence-electron chi connectivity index (χ3n) is 4.00. The van der Waals surface area contributed by atoms with Crippen LogP contribution in [0.3, 0.4) is 0 Å². The van der Waals surface area contributed by atoms with Gasteiger partial charge in [-0.1, -0.05) is 23.7 Å². The summed E-state index contributed by atoms with van der Waals surface area (Å²) in [4.78, 5) is 14.5. The van der Waals surface area contributed by atoms with E-state index in [1.807, 2.05) is 12.1 Å². The Balaban J connectivity index is 1.83. The Morgan fingerprint density at radius 3 is 3.00 bits per heavy atom. The molecule has 2 aromatic rings. The van der Waals surface area contributed by atoms with Crippen LogP contribution in [0.4, 0.5) is 0 Å². The number of carboxylic acid groups (broad SMARTS) is 1. The van der Waals surface area contributed by atoms with Crippen molar-refractivity contribution in [3.63, 3.8) is 0 Å². The van der Waals surface area contributed by atoms with Crippen molar-refractivity contribution >= 4 is 39.0 Å². The van der Waals surface area contributed by atoms with E-state index < -0.39 is 5.97 Å². The van der Waals surface area contributed by atoms with Crippen LogP contribution in [0.15, 0.2) is 18.2 Å². The lowest BCUT2D eigenvalue weighted by molar-refractivity contribution is -0.141. The predicted molar refractivity (Wildman–Crippen MR) is 82.6 cm³/mol. The number of hydrogen-bond donors (Lipinski definition) is 1. The second-order valence-corrected chi connectivity index (χ2v) is 6.84. The quantitative estimate of drug-likeness (QED) is 0.938. The first-order chi connectivity index (χ1) is 9.56. The predicted octanol–water partition coefficient (Wildman–Crippen LogP) is 3.77. The molecule has 0 radical (unpaired) electrons. The third kappa shape index (κ3) is 2.43. The molecule has 0 spiro atoms. The van der Waals surface area contributed by atoms with Gasteiger partial charge in [-0.2, -0.15) is 0 Å². The SMILES string of the molecule is Cc1c(CN2CCC(C(=O)O)C2)sc2c(Cl)cccc12. The highest BCUT2D eigenvalue weighted by Gasteiger charge is 2.28. The summed E-state index contributed by atoms with van der Waals surface area (Å²) in [5.74, 6) is -0.892. The van der Waals surface area contributed by atoms with Crippen LogP contribution in [0, 0.1) is 12.8 Å². The topological polar surface area (TPSA) is 40.5 Å². The van der Waals surface area contributed by atoms with E-state index in [1.165, 1.54) is 15.8 Å². The molecule has 3 nitrogen and oxygen atoms in total. The van der Waals surface area contributed by atoms with E-state index in [9.17, 15) is 4.79 Å². The van der Waals surface area contributed by atoms with Crippen LogP contribution >= 0.6 is 22.9 Å². The first-order valence-corrected chi connectivity index (χ1v) is 7.87. The molecule has 2 heterocycles. The van der Waals surface area contributed by atoms with Gasteiger partial charge in [-0.3, -0.25) is 9.69 Å². The van der Waals surface area contributed by atoms with E-state index in [1.54, 1.807) is 11.3 Å². The molecule has 3 rings (SSSR count). The lowest BCUT2D eigenvalue weighted by Gasteiger charge is -2.14. The number of rotatable bonds is 3. The molecule has 1 aromatic carbocycles. The number of likely N-dealkylation sites (tertiary alicyclic amines) is 1. The lowest BCUT2D eigenvalue weighted by atomic mass is 10.1. The molecule has 1 unspecified atom stereocenters. The van der Waals surface area contributed by atoms with E-state index in [0.29, 0.717) is 6.54 Å². The molecule has 1 aromatic heterocycles. The second kappa shape index (κ2) is 5.35. The second-order valence-electron chi connectivity index (χ2n) is 5.33. The highest BCUT2D eigenvalue weighted by Crippen LogP contribution is 2.36. The molecular formula is C15H16ClNO2S. The molecule has 0 saturated carbocycles. The maximum Gasteiger partial charge on any atom is 0.307 e. The number of halogens is 1. The summed E-state index contributed by atoms with van der Waals surface area (Å²) in [6, 6.07) is 5.99. The van der Waals surface area contributed by atoms with Crippen molar-refractivity contribution in [3.05, 3.63) is 33.7 Å². The van der Waals surface area contributed by atoms with Gasteiger partial charge in [0, 0.05) is 18.0 Å². The fourth-order valence-corrected chi connectivity index (χ4v) is 4.33. The van der Waals surface area contributed by atoms with Crippen LogP contribution in [0.1, 0.15) is 16.9 Å². The van der Waals surface area contributed by atoms with Gasteiger partial charge in [0.25, 0.3) is 0 Å². The van der Waals surface area contributed by atoms with Gasteiger partial charge in [0.05, 0.1) is 15.6 Å². The van der Waals surface area contributed by atoms with Gasteiger partial charge < -0.3 is 5.11 Å². The van der Waals surface area contributed by atoms with E-state index in [0.717, 1.165) is 29.2 Å². The zero-order chi connectivity index (χ0) is 14.3. The number of hydrogen-bond acceptors (Lipinski definition) is 3. The number of thiophene rings is 1. The van der Waals surface area contributed by atoms with E-state index in [4.69, 9.17) is 16.7 Å². The van der Waals surface area contributed by atoms with Gasteiger partial charge in [0.1, 0.15) is 0 Å².